The fourth-order valence-electron chi connectivity index (χ4n) is 1.73. The zero-order valence-corrected chi connectivity index (χ0v) is 12.4. The van der Waals surface area contributed by atoms with Gasteiger partial charge < -0.3 is 14.9 Å². The quantitative estimate of drug-likeness (QED) is 0.827. The summed E-state index contributed by atoms with van der Waals surface area (Å²) < 4.78 is 6.83. The minimum absolute atomic E-state index is 0.0845. The predicted octanol–water partition coefficient (Wildman–Crippen LogP) is 0.975. The van der Waals surface area contributed by atoms with Gasteiger partial charge in [-0.05, 0) is 18.4 Å². The zero-order chi connectivity index (χ0) is 15.4. The van der Waals surface area contributed by atoms with Gasteiger partial charge in [-0.15, -0.1) is 0 Å². The van der Waals surface area contributed by atoms with E-state index >= 15 is 0 Å². The van der Waals surface area contributed by atoms with Gasteiger partial charge in [0.1, 0.15) is 6.54 Å². The van der Waals surface area contributed by atoms with Crippen molar-refractivity contribution in [3.8, 4) is 0 Å². The van der Waals surface area contributed by atoms with E-state index in [9.17, 15) is 9.90 Å². The monoisotopic (exact) mass is 292 g/mol. The minimum atomic E-state index is -0.577. The van der Waals surface area contributed by atoms with Crippen LogP contribution in [0.5, 0.6) is 0 Å². The Bertz CT molecular complexity index is 603. The van der Waals surface area contributed by atoms with E-state index in [0.29, 0.717) is 12.3 Å². The Balaban J connectivity index is 1.91. The van der Waals surface area contributed by atoms with Crippen molar-refractivity contribution in [2.24, 2.45) is 5.92 Å². The Labute approximate surface area is 122 Å². The molecule has 0 aliphatic heterocycles. The molecular weight excluding hydrogens is 272 g/mol. The number of nitrogens with zero attached hydrogens (tertiary/aromatic N) is 3. The van der Waals surface area contributed by atoms with E-state index in [4.69, 9.17) is 4.52 Å². The lowest BCUT2D eigenvalue weighted by molar-refractivity contribution is 0.0863. The van der Waals surface area contributed by atoms with Gasteiger partial charge in [-0.2, -0.15) is 5.10 Å². The van der Waals surface area contributed by atoms with Crippen molar-refractivity contribution in [1.29, 1.82) is 0 Å². The molecule has 0 spiro atoms. The molecule has 1 atom stereocenters. The molecule has 2 aromatic heterocycles. The first-order valence-corrected chi connectivity index (χ1v) is 6.86. The fraction of sp³-hybridized carbons (Fsp3) is 0.500. The SMILES string of the molecule is Cc1cnn(Cc2cc(C(=O)NCC(O)C(C)C)no2)c1. The second kappa shape index (κ2) is 6.53. The number of hydrogen-bond donors (Lipinski definition) is 2. The number of aliphatic hydroxyl groups excluding tert-OH is 1. The molecule has 114 valence electrons. The number of carbonyl (C=O) groups excluding carboxylic acids is 1. The number of rotatable bonds is 6. The molecule has 0 saturated heterocycles. The van der Waals surface area contributed by atoms with E-state index in [0.717, 1.165) is 5.56 Å². The molecule has 0 saturated carbocycles. The fourth-order valence-corrected chi connectivity index (χ4v) is 1.73. The van der Waals surface area contributed by atoms with Crippen LogP contribution in [0.4, 0.5) is 0 Å². The van der Waals surface area contributed by atoms with E-state index in [1.165, 1.54) is 0 Å². The Kier molecular flexibility index (Phi) is 4.74. The predicted molar refractivity (Wildman–Crippen MR) is 75.7 cm³/mol. The lowest BCUT2D eigenvalue weighted by Crippen LogP contribution is -2.34. The Morgan fingerprint density at radius 2 is 2.29 bits per heavy atom. The van der Waals surface area contributed by atoms with Gasteiger partial charge >= 0.3 is 0 Å². The smallest absolute Gasteiger partial charge is 0.273 e. The van der Waals surface area contributed by atoms with Gasteiger partial charge in [-0.25, -0.2) is 0 Å². The molecule has 2 N–H and O–H groups in total. The number of aromatic nitrogens is 3. The van der Waals surface area contributed by atoms with Gasteiger partial charge in [0.2, 0.25) is 0 Å². The van der Waals surface area contributed by atoms with Crippen LogP contribution in [0, 0.1) is 12.8 Å². The number of nitrogens with one attached hydrogen (secondary N) is 1. The van der Waals surface area contributed by atoms with Gasteiger partial charge in [-0.1, -0.05) is 19.0 Å². The highest BCUT2D eigenvalue weighted by Gasteiger charge is 2.15. The second-order valence-corrected chi connectivity index (χ2v) is 5.42. The van der Waals surface area contributed by atoms with Crippen molar-refractivity contribution in [3.63, 3.8) is 0 Å². The van der Waals surface area contributed by atoms with Crippen LogP contribution in [-0.4, -0.2) is 38.6 Å². The summed E-state index contributed by atoms with van der Waals surface area (Å²) in [4.78, 5) is 11.9. The molecule has 2 aromatic rings. The molecular formula is C14H20N4O3. The molecule has 0 aliphatic carbocycles. The summed E-state index contributed by atoms with van der Waals surface area (Å²) >= 11 is 0. The highest BCUT2D eigenvalue weighted by molar-refractivity contribution is 5.92. The van der Waals surface area contributed by atoms with Crippen LogP contribution in [0.3, 0.4) is 0 Å². The molecule has 1 unspecified atom stereocenters. The molecule has 2 heterocycles. The lowest BCUT2D eigenvalue weighted by Gasteiger charge is -2.14. The van der Waals surface area contributed by atoms with Crippen LogP contribution >= 0.6 is 0 Å². The zero-order valence-electron chi connectivity index (χ0n) is 12.4. The Morgan fingerprint density at radius 3 is 2.90 bits per heavy atom. The maximum Gasteiger partial charge on any atom is 0.273 e. The normalized spacial score (nSPS) is 12.6. The van der Waals surface area contributed by atoms with Crippen molar-refractivity contribution in [2.45, 2.75) is 33.4 Å². The molecule has 1 amide bonds. The van der Waals surface area contributed by atoms with Crippen LogP contribution in [0.25, 0.3) is 0 Å². The first kappa shape index (κ1) is 15.2. The first-order valence-electron chi connectivity index (χ1n) is 6.86. The van der Waals surface area contributed by atoms with Crippen molar-refractivity contribution >= 4 is 5.91 Å². The molecule has 0 radical (unpaired) electrons. The summed E-state index contributed by atoms with van der Waals surface area (Å²) in [6.07, 6.45) is 3.05. The third-order valence-corrected chi connectivity index (χ3v) is 3.11. The van der Waals surface area contributed by atoms with Crippen molar-refractivity contribution in [1.82, 2.24) is 20.3 Å². The van der Waals surface area contributed by atoms with Crippen LogP contribution in [-0.2, 0) is 6.54 Å². The Hall–Kier alpha value is -2.15. The molecule has 21 heavy (non-hydrogen) atoms. The van der Waals surface area contributed by atoms with Crippen LogP contribution in [0.1, 0.15) is 35.7 Å². The van der Waals surface area contributed by atoms with E-state index < -0.39 is 6.10 Å². The maximum atomic E-state index is 11.9. The summed E-state index contributed by atoms with van der Waals surface area (Å²) in [5.74, 6) is 0.273. The summed E-state index contributed by atoms with van der Waals surface area (Å²) in [5, 5.41) is 20.2. The number of aliphatic hydroxyl groups is 1. The van der Waals surface area contributed by atoms with E-state index in [1.807, 2.05) is 27.0 Å². The average molecular weight is 292 g/mol. The van der Waals surface area contributed by atoms with Crippen molar-refractivity contribution in [3.05, 3.63) is 35.5 Å². The third kappa shape index (κ3) is 4.16. The highest BCUT2D eigenvalue weighted by Crippen LogP contribution is 2.07. The van der Waals surface area contributed by atoms with Gasteiger partial charge in [0, 0.05) is 18.8 Å². The number of aryl methyl sites for hydroxylation is 1. The third-order valence-electron chi connectivity index (χ3n) is 3.11. The standard InChI is InChI=1S/C14H20N4O3/c1-9(2)13(19)6-15-14(20)12-4-11(21-17-12)8-18-7-10(3)5-16-18/h4-5,7,9,13,19H,6,8H2,1-3H3,(H,15,20). The van der Waals surface area contributed by atoms with Crippen molar-refractivity contribution < 1.29 is 14.4 Å². The summed E-state index contributed by atoms with van der Waals surface area (Å²) in [5.41, 5.74) is 1.25. The highest BCUT2D eigenvalue weighted by atomic mass is 16.5. The first-order chi connectivity index (χ1) is 9.95. The maximum absolute atomic E-state index is 11.9. The average Bonchev–Trinajstić information content (AvgIpc) is 3.05. The molecule has 7 heteroatoms. The summed E-state index contributed by atoms with van der Waals surface area (Å²) in [7, 11) is 0. The molecule has 7 nitrogen and oxygen atoms in total. The number of hydrogen-bond acceptors (Lipinski definition) is 5. The van der Waals surface area contributed by atoms with Crippen LogP contribution in [0.2, 0.25) is 0 Å². The number of carbonyl (C=O) groups is 1. The Morgan fingerprint density at radius 1 is 1.52 bits per heavy atom. The van der Waals surface area contributed by atoms with Crippen LogP contribution < -0.4 is 5.32 Å². The largest absolute Gasteiger partial charge is 0.391 e. The molecule has 0 fully saturated rings. The topological polar surface area (TPSA) is 93.2 Å². The minimum Gasteiger partial charge on any atom is -0.391 e. The van der Waals surface area contributed by atoms with Gasteiger partial charge in [0.15, 0.2) is 11.5 Å². The van der Waals surface area contributed by atoms with Gasteiger partial charge in [0.05, 0.1) is 12.3 Å². The van der Waals surface area contributed by atoms with Crippen LogP contribution in [0.15, 0.2) is 23.0 Å². The van der Waals surface area contributed by atoms with Gasteiger partial charge in [0.25, 0.3) is 5.91 Å². The molecule has 0 aliphatic rings. The van der Waals surface area contributed by atoms with Gasteiger partial charge in [-0.3, -0.25) is 9.48 Å². The van der Waals surface area contributed by atoms with E-state index in [-0.39, 0.29) is 24.1 Å². The summed E-state index contributed by atoms with van der Waals surface area (Å²) in [6.45, 7) is 6.33. The summed E-state index contributed by atoms with van der Waals surface area (Å²) in [6, 6.07) is 1.58. The molecule has 2 rings (SSSR count). The van der Waals surface area contributed by atoms with E-state index in [1.54, 1.807) is 16.9 Å². The number of amides is 1. The lowest BCUT2D eigenvalue weighted by atomic mass is 10.1. The molecule has 0 bridgehead atoms. The molecule has 0 aromatic carbocycles. The second-order valence-electron chi connectivity index (χ2n) is 5.42. The van der Waals surface area contributed by atoms with E-state index in [2.05, 4.69) is 15.6 Å². The van der Waals surface area contributed by atoms with Crippen molar-refractivity contribution in [2.75, 3.05) is 6.54 Å².